The van der Waals surface area contributed by atoms with Gasteiger partial charge in [0.15, 0.2) is 11.4 Å². The number of pyridine rings is 2. The lowest BCUT2D eigenvalue weighted by Gasteiger charge is -2.12. The maximum absolute atomic E-state index is 13.2. The molecule has 0 saturated heterocycles. The Morgan fingerprint density at radius 3 is 2.59 bits per heavy atom. The number of fused-ring (bicyclic) bond motifs is 1. The second-order valence-corrected chi connectivity index (χ2v) is 7.91. The third-order valence-corrected chi connectivity index (χ3v) is 5.83. The highest BCUT2D eigenvalue weighted by Gasteiger charge is 2.22. The first-order valence-corrected chi connectivity index (χ1v) is 11.0. The smallest absolute Gasteiger partial charge is 0.270 e. The van der Waals surface area contributed by atoms with E-state index in [9.17, 15) is 9.50 Å². The van der Waals surface area contributed by atoms with Gasteiger partial charge in [-0.25, -0.2) is 9.37 Å². The summed E-state index contributed by atoms with van der Waals surface area (Å²) in [6, 6.07) is 17.7. The van der Waals surface area contributed by atoms with Gasteiger partial charge in [-0.1, -0.05) is 30.3 Å². The van der Waals surface area contributed by atoms with Crippen molar-refractivity contribution >= 4 is 22.7 Å². The molecule has 0 aliphatic heterocycles. The first-order valence-electron chi connectivity index (χ1n) is 9.82. The van der Waals surface area contributed by atoms with Crippen LogP contribution in [0.3, 0.4) is 0 Å². The van der Waals surface area contributed by atoms with E-state index in [4.69, 9.17) is 9.40 Å². The molecule has 5 rings (SSSR count). The fourth-order valence-corrected chi connectivity index (χ4v) is 4.11. The molecule has 0 radical (unpaired) electrons. The zero-order valence-electron chi connectivity index (χ0n) is 17.0. The molecule has 0 atom stereocenters. The summed E-state index contributed by atoms with van der Waals surface area (Å²) in [7, 11) is 0. The predicted molar refractivity (Wildman–Crippen MR) is 121 cm³/mol. The Morgan fingerprint density at radius 2 is 1.78 bits per heavy atom. The molecule has 0 aliphatic carbocycles. The summed E-state index contributed by atoms with van der Waals surface area (Å²) in [5, 5.41) is 19.8. The molecule has 0 amide bonds. The minimum absolute atomic E-state index is 0.0926. The van der Waals surface area contributed by atoms with Crippen molar-refractivity contribution in [3.05, 3.63) is 84.1 Å². The van der Waals surface area contributed by atoms with Crippen LogP contribution in [0, 0.1) is 5.82 Å². The highest BCUT2D eigenvalue weighted by atomic mass is 32.2. The molecule has 8 heteroatoms. The average molecular weight is 444 g/mol. The highest BCUT2D eigenvalue weighted by Crippen LogP contribution is 2.40. The van der Waals surface area contributed by atoms with E-state index < -0.39 is 0 Å². The Balaban J connectivity index is 1.63. The summed E-state index contributed by atoms with van der Waals surface area (Å²) in [4.78, 5) is 10.1. The third-order valence-electron chi connectivity index (χ3n) is 5.04. The standard InChI is InChI=1S/C24H17FN4O2S/c1-32-18-7-3-2-5-16(18)20-17-6-4-12-26-21(17)23(30)22(27-20)24-29-28-19(31-24)13-14-8-10-15(25)11-9-14/h2-12,30H,13H2,1H3. The number of aromatic nitrogens is 4. The maximum Gasteiger partial charge on any atom is 0.270 e. The molecule has 1 N–H and O–H groups in total. The topological polar surface area (TPSA) is 84.9 Å². The minimum atomic E-state index is -0.309. The molecule has 3 aromatic heterocycles. The normalized spacial score (nSPS) is 11.2. The van der Waals surface area contributed by atoms with Crippen molar-refractivity contribution in [3.63, 3.8) is 0 Å². The number of hydrogen-bond donors (Lipinski definition) is 1. The summed E-state index contributed by atoms with van der Waals surface area (Å²) in [6.45, 7) is 0. The van der Waals surface area contributed by atoms with Crippen LogP contribution in [0.2, 0.25) is 0 Å². The maximum atomic E-state index is 13.2. The molecule has 0 unspecified atom stereocenters. The van der Waals surface area contributed by atoms with Crippen LogP contribution < -0.4 is 0 Å². The molecule has 2 aromatic carbocycles. The molecule has 0 bridgehead atoms. The number of nitrogens with zero attached hydrogens (tertiary/aromatic N) is 4. The number of benzene rings is 2. The molecule has 5 aromatic rings. The second kappa shape index (κ2) is 8.39. The Bertz CT molecular complexity index is 1420. The Morgan fingerprint density at radius 1 is 0.969 bits per heavy atom. The van der Waals surface area contributed by atoms with E-state index in [-0.39, 0.29) is 23.2 Å². The van der Waals surface area contributed by atoms with Gasteiger partial charge in [-0.3, -0.25) is 4.98 Å². The first-order chi connectivity index (χ1) is 15.6. The Kier molecular flexibility index (Phi) is 5.28. The number of rotatable bonds is 5. The molecule has 3 heterocycles. The van der Waals surface area contributed by atoms with Crippen molar-refractivity contribution in [1.29, 1.82) is 0 Å². The fraction of sp³-hybridized carbons (Fsp3) is 0.0833. The van der Waals surface area contributed by atoms with Crippen LogP contribution in [0.15, 0.2) is 76.2 Å². The van der Waals surface area contributed by atoms with E-state index in [1.165, 1.54) is 12.1 Å². The number of thioether (sulfide) groups is 1. The summed E-state index contributed by atoms with van der Waals surface area (Å²) in [6.07, 6.45) is 3.95. The van der Waals surface area contributed by atoms with Gasteiger partial charge in [0.05, 0.1) is 12.1 Å². The van der Waals surface area contributed by atoms with E-state index >= 15 is 0 Å². The molecule has 0 saturated carbocycles. The molecule has 158 valence electrons. The number of hydrogen-bond acceptors (Lipinski definition) is 7. The van der Waals surface area contributed by atoms with Gasteiger partial charge in [0.1, 0.15) is 11.3 Å². The predicted octanol–water partition coefficient (Wildman–Crippen LogP) is 5.50. The van der Waals surface area contributed by atoms with Crippen LogP contribution in [0.5, 0.6) is 5.75 Å². The van der Waals surface area contributed by atoms with Crippen molar-refractivity contribution in [2.24, 2.45) is 0 Å². The second-order valence-electron chi connectivity index (χ2n) is 7.06. The van der Waals surface area contributed by atoms with E-state index in [1.54, 1.807) is 30.1 Å². The van der Waals surface area contributed by atoms with E-state index in [2.05, 4.69) is 15.2 Å². The average Bonchev–Trinajstić information content (AvgIpc) is 3.29. The molecular formula is C24H17FN4O2S. The lowest BCUT2D eigenvalue weighted by atomic mass is 10.0. The van der Waals surface area contributed by atoms with Crippen LogP contribution in [-0.4, -0.2) is 31.5 Å². The van der Waals surface area contributed by atoms with Gasteiger partial charge in [-0.05, 0) is 42.2 Å². The van der Waals surface area contributed by atoms with Gasteiger partial charge >= 0.3 is 0 Å². The van der Waals surface area contributed by atoms with Crippen LogP contribution in [0.25, 0.3) is 33.7 Å². The van der Waals surface area contributed by atoms with Crippen LogP contribution in [-0.2, 0) is 6.42 Å². The third kappa shape index (κ3) is 3.69. The van der Waals surface area contributed by atoms with Crippen molar-refractivity contribution in [2.75, 3.05) is 6.26 Å². The number of aromatic hydroxyl groups is 1. The van der Waals surface area contributed by atoms with E-state index in [0.717, 1.165) is 21.4 Å². The lowest BCUT2D eigenvalue weighted by molar-refractivity contribution is 0.471. The van der Waals surface area contributed by atoms with Crippen LogP contribution >= 0.6 is 11.8 Å². The number of halogens is 1. The molecular weight excluding hydrogens is 427 g/mol. The van der Waals surface area contributed by atoms with E-state index in [0.29, 0.717) is 23.5 Å². The summed E-state index contributed by atoms with van der Waals surface area (Å²) >= 11 is 1.61. The van der Waals surface area contributed by atoms with Crippen molar-refractivity contribution < 1.29 is 13.9 Å². The molecule has 32 heavy (non-hydrogen) atoms. The van der Waals surface area contributed by atoms with Crippen molar-refractivity contribution in [3.8, 4) is 28.6 Å². The van der Waals surface area contributed by atoms with Gasteiger partial charge in [0, 0.05) is 22.0 Å². The largest absolute Gasteiger partial charge is 0.504 e. The van der Waals surface area contributed by atoms with Crippen molar-refractivity contribution in [1.82, 2.24) is 20.2 Å². The Labute approximate surface area is 187 Å². The zero-order chi connectivity index (χ0) is 22.1. The first kappa shape index (κ1) is 20.1. The molecule has 0 aliphatic rings. The fourth-order valence-electron chi connectivity index (χ4n) is 3.51. The SMILES string of the molecule is CSc1ccccc1-c1nc(-c2nnc(Cc3ccc(F)cc3)o2)c(O)c2ncccc12. The van der Waals surface area contributed by atoms with Gasteiger partial charge in [-0.2, -0.15) is 0 Å². The van der Waals surface area contributed by atoms with Gasteiger partial charge < -0.3 is 9.52 Å². The van der Waals surface area contributed by atoms with Crippen LogP contribution in [0.4, 0.5) is 4.39 Å². The summed E-state index contributed by atoms with van der Waals surface area (Å²) < 4.78 is 19.0. The minimum Gasteiger partial charge on any atom is -0.504 e. The molecule has 0 spiro atoms. The zero-order valence-corrected chi connectivity index (χ0v) is 17.8. The molecule has 0 fully saturated rings. The van der Waals surface area contributed by atoms with E-state index in [1.807, 2.05) is 42.7 Å². The summed E-state index contributed by atoms with van der Waals surface area (Å²) in [5.74, 6) is -0.00573. The molecule has 6 nitrogen and oxygen atoms in total. The summed E-state index contributed by atoms with van der Waals surface area (Å²) in [5.41, 5.74) is 2.99. The van der Waals surface area contributed by atoms with Crippen molar-refractivity contribution in [2.45, 2.75) is 11.3 Å². The quantitative estimate of drug-likeness (QED) is 0.358. The Hall–Kier alpha value is -3.78. The van der Waals surface area contributed by atoms with Crippen LogP contribution in [0.1, 0.15) is 11.5 Å². The monoisotopic (exact) mass is 444 g/mol. The van der Waals surface area contributed by atoms with Gasteiger partial charge in [0.25, 0.3) is 5.89 Å². The highest BCUT2D eigenvalue weighted by molar-refractivity contribution is 7.98. The van der Waals surface area contributed by atoms with Gasteiger partial charge in [0.2, 0.25) is 5.89 Å². The van der Waals surface area contributed by atoms with Gasteiger partial charge in [-0.15, -0.1) is 22.0 Å². The lowest BCUT2D eigenvalue weighted by Crippen LogP contribution is -1.95.